The molecule has 1 aliphatic rings. The second kappa shape index (κ2) is 5.68. The third-order valence-electron chi connectivity index (χ3n) is 4.07. The Morgan fingerprint density at radius 1 is 1.10 bits per heavy atom. The molecule has 0 spiro atoms. The van der Waals surface area contributed by atoms with Crippen LogP contribution in [0.3, 0.4) is 0 Å². The zero-order chi connectivity index (χ0) is 13.9. The van der Waals surface area contributed by atoms with Gasteiger partial charge in [0, 0.05) is 6.04 Å². The summed E-state index contributed by atoms with van der Waals surface area (Å²) in [5.74, 6) is 2.24. The van der Waals surface area contributed by atoms with E-state index in [1.165, 1.54) is 17.5 Å². The molecule has 2 heteroatoms. The zero-order valence-corrected chi connectivity index (χ0v) is 11.8. The Balaban J connectivity index is 1.57. The number of benzene rings is 2. The molecule has 0 radical (unpaired) electrons. The minimum Gasteiger partial charge on any atom is -0.489 e. The quantitative estimate of drug-likeness (QED) is 0.896. The second-order valence-corrected chi connectivity index (χ2v) is 5.71. The van der Waals surface area contributed by atoms with E-state index in [9.17, 15) is 0 Å². The van der Waals surface area contributed by atoms with Crippen molar-refractivity contribution in [2.24, 2.45) is 11.7 Å². The summed E-state index contributed by atoms with van der Waals surface area (Å²) in [6.45, 7) is 2.72. The molecule has 0 aromatic heterocycles. The molecule has 1 saturated carbocycles. The Labute approximate surface area is 120 Å². The third-order valence-corrected chi connectivity index (χ3v) is 4.07. The van der Waals surface area contributed by atoms with E-state index in [2.05, 4.69) is 43.3 Å². The Kier molecular flexibility index (Phi) is 3.75. The van der Waals surface area contributed by atoms with Crippen LogP contribution in [0.4, 0.5) is 0 Å². The van der Waals surface area contributed by atoms with E-state index >= 15 is 0 Å². The van der Waals surface area contributed by atoms with Gasteiger partial charge in [0.15, 0.2) is 0 Å². The molecule has 2 aromatic rings. The van der Waals surface area contributed by atoms with Crippen LogP contribution in [0.5, 0.6) is 5.75 Å². The molecule has 0 heterocycles. The van der Waals surface area contributed by atoms with Crippen molar-refractivity contribution < 1.29 is 4.74 Å². The molecule has 1 aliphatic carbocycles. The highest BCUT2D eigenvalue weighted by Crippen LogP contribution is 2.49. The van der Waals surface area contributed by atoms with Crippen LogP contribution in [-0.4, -0.2) is 6.04 Å². The van der Waals surface area contributed by atoms with Crippen molar-refractivity contribution in [2.45, 2.75) is 31.9 Å². The van der Waals surface area contributed by atoms with Crippen molar-refractivity contribution in [1.29, 1.82) is 0 Å². The van der Waals surface area contributed by atoms with Gasteiger partial charge in [0.25, 0.3) is 0 Å². The van der Waals surface area contributed by atoms with Crippen LogP contribution in [0.2, 0.25) is 0 Å². The smallest absolute Gasteiger partial charge is 0.119 e. The Bertz CT molecular complexity index is 547. The van der Waals surface area contributed by atoms with Crippen molar-refractivity contribution in [1.82, 2.24) is 0 Å². The lowest BCUT2D eigenvalue weighted by Gasteiger charge is -2.08. The second-order valence-electron chi connectivity index (χ2n) is 5.71. The SMILES string of the molecule is C[C@@H](N)[C@@H]1C[C@@H]1c1ccc(OCc2ccccc2)cc1. The van der Waals surface area contributed by atoms with Gasteiger partial charge < -0.3 is 10.5 Å². The number of rotatable bonds is 5. The summed E-state index contributed by atoms with van der Waals surface area (Å²) >= 11 is 0. The first-order valence-corrected chi connectivity index (χ1v) is 7.26. The van der Waals surface area contributed by atoms with E-state index in [0.29, 0.717) is 24.5 Å². The average molecular weight is 267 g/mol. The molecule has 3 rings (SSSR count). The lowest BCUT2D eigenvalue weighted by Crippen LogP contribution is -2.17. The van der Waals surface area contributed by atoms with Crippen LogP contribution < -0.4 is 10.5 Å². The number of nitrogens with two attached hydrogens (primary N) is 1. The maximum atomic E-state index is 5.94. The summed E-state index contributed by atoms with van der Waals surface area (Å²) in [6, 6.07) is 19.0. The first kappa shape index (κ1) is 13.2. The van der Waals surface area contributed by atoms with Gasteiger partial charge >= 0.3 is 0 Å². The van der Waals surface area contributed by atoms with Gasteiger partial charge in [0.1, 0.15) is 12.4 Å². The molecule has 2 aromatic carbocycles. The maximum absolute atomic E-state index is 5.94. The molecular formula is C18H21NO. The predicted molar refractivity (Wildman–Crippen MR) is 81.7 cm³/mol. The van der Waals surface area contributed by atoms with Crippen LogP contribution >= 0.6 is 0 Å². The van der Waals surface area contributed by atoms with Gasteiger partial charge in [-0.3, -0.25) is 0 Å². The minimum atomic E-state index is 0.300. The number of hydrogen-bond donors (Lipinski definition) is 1. The summed E-state index contributed by atoms with van der Waals surface area (Å²) < 4.78 is 5.80. The molecule has 0 bridgehead atoms. The van der Waals surface area contributed by atoms with Gasteiger partial charge in [-0.15, -0.1) is 0 Å². The van der Waals surface area contributed by atoms with E-state index in [-0.39, 0.29) is 0 Å². The number of hydrogen-bond acceptors (Lipinski definition) is 2. The highest BCUT2D eigenvalue weighted by atomic mass is 16.5. The molecular weight excluding hydrogens is 246 g/mol. The van der Waals surface area contributed by atoms with Crippen LogP contribution in [0.1, 0.15) is 30.4 Å². The molecule has 0 amide bonds. The van der Waals surface area contributed by atoms with Crippen molar-refractivity contribution >= 4 is 0 Å². The number of ether oxygens (including phenoxy) is 1. The first-order valence-electron chi connectivity index (χ1n) is 7.26. The highest BCUT2D eigenvalue weighted by Gasteiger charge is 2.40. The average Bonchev–Trinajstić information content (AvgIpc) is 3.27. The van der Waals surface area contributed by atoms with Gasteiger partial charge in [-0.1, -0.05) is 42.5 Å². The van der Waals surface area contributed by atoms with Gasteiger partial charge in [0.2, 0.25) is 0 Å². The Morgan fingerprint density at radius 2 is 1.80 bits per heavy atom. The van der Waals surface area contributed by atoms with E-state index < -0.39 is 0 Å². The summed E-state index contributed by atoms with van der Waals surface area (Å²) in [5, 5.41) is 0. The van der Waals surface area contributed by atoms with E-state index in [0.717, 1.165) is 5.75 Å². The molecule has 3 atom stereocenters. The summed E-state index contributed by atoms with van der Waals surface area (Å²) in [4.78, 5) is 0. The molecule has 2 N–H and O–H groups in total. The Hall–Kier alpha value is -1.80. The fourth-order valence-electron chi connectivity index (χ4n) is 2.73. The van der Waals surface area contributed by atoms with Crippen LogP contribution in [0, 0.1) is 5.92 Å². The molecule has 2 nitrogen and oxygen atoms in total. The highest BCUT2D eigenvalue weighted by molar-refractivity contribution is 5.33. The molecule has 0 aliphatic heterocycles. The third kappa shape index (κ3) is 3.02. The first-order chi connectivity index (χ1) is 9.74. The van der Waals surface area contributed by atoms with Gasteiger partial charge in [-0.25, -0.2) is 0 Å². The molecule has 0 unspecified atom stereocenters. The topological polar surface area (TPSA) is 35.2 Å². The van der Waals surface area contributed by atoms with Crippen LogP contribution in [0.15, 0.2) is 54.6 Å². The summed E-state index contributed by atoms with van der Waals surface area (Å²) in [5.41, 5.74) is 8.52. The fraction of sp³-hybridized carbons (Fsp3) is 0.333. The standard InChI is InChI=1S/C18H21NO/c1-13(19)17-11-18(17)15-7-9-16(10-8-15)20-12-14-5-3-2-4-6-14/h2-10,13,17-18H,11-12,19H2,1H3/t13-,17+,18-/m1/s1. The lowest BCUT2D eigenvalue weighted by atomic mass is 10.1. The molecule has 0 saturated heterocycles. The van der Waals surface area contributed by atoms with E-state index in [4.69, 9.17) is 10.5 Å². The maximum Gasteiger partial charge on any atom is 0.119 e. The largest absolute Gasteiger partial charge is 0.489 e. The molecule has 104 valence electrons. The Morgan fingerprint density at radius 3 is 2.40 bits per heavy atom. The van der Waals surface area contributed by atoms with Gasteiger partial charge in [0.05, 0.1) is 0 Å². The van der Waals surface area contributed by atoms with Crippen LogP contribution in [-0.2, 0) is 6.61 Å². The molecule has 20 heavy (non-hydrogen) atoms. The monoisotopic (exact) mass is 267 g/mol. The summed E-state index contributed by atoms with van der Waals surface area (Å²) in [6.07, 6.45) is 1.22. The minimum absolute atomic E-state index is 0.300. The predicted octanol–water partition coefficient (Wildman–Crippen LogP) is 3.72. The van der Waals surface area contributed by atoms with E-state index in [1.54, 1.807) is 0 Å². The van der Waals surface area contributed by atoms with E-state index in [1.807, 2.05) is 18.2 Å². The lowest BCUT2D eigenvalue weighted by molar-refractivity contribution is 0.306. The van der Waals surface area contributed by atoms with Gasteiger partial charge in [-0.05, 0) is 48.4 Å². The van der Waals surface area contributed by atoms with Gasteiger partial charge in [-0.2, -0.15) is 0 Å². The van der Waals surface area contributed by atoms with Crippen molar-refractivity contribution in [3.63, 3.8) is 0 Å². The summed E-state index contributed by atoms with van der Waals surface area (Å²) in [7, 11) is 0. The fourth-order valence-corrected chi connectivity index (χ4v) is 2.73. The normalized spacial score (nSPS) is 22.3. The van der Waals surface area contributed by atoms with Crippen molar-refractivity contribution in [2.75, 3.05) is 0 Å². The van der Waals surface area contributed by atoms with Crippen molar-refractivity contribution in [3.05, 3.63) is 65.7 Å². The van der Waals surface area contributed by atoms with Crippen molar-refractivity contribution in [3.8, 4) is 5.75 Å². The van der Waals surface area contributed by atoms with Crippen LogP contribution in [0.25, 0.3) is 0 Å². The zero-order valence-electron chi connectivity index (χ0n) is 11.8. The molecule has 1 fully saturated rings.